The summed E-state index contributed by atoms with van der Waals surface area (Å²) in [5.41, 5.74) is 18.3. The summed E-state index contributed by atoms with van der Waals surface area (Å²) in [5, 5.41) is 9.89. The van der Waals surface area contributed by atoms with Crippen molar-refractivity contribution in [3.8, 4) is 0 Å². The quantitative estimate of drug-likeness (QED) is 0.118. The fourth-order valence-corrected chi connectivity index (χ4v) is 2.91. The van der Waals surface area contributed by atoms with Crippen molar-refractivity contribution in [1.29, 1.82) is 0 Å². The fraction of sp³-hybridized carbons (Fsp3) is 0. The van der Waals surface area contributed by atoms with E-state index < -0.39 is 30.0 Å². The monoisotopic (exact) mass is 484 g/mol. The maximum Gasteiger partial charge on any atom is 0.336 e. The normalized spacial score (nSPS) is 10.2. The lowest BCUT2D eigenvalue weighted by atomic mass is 10.1. The molecule has 0 aliphatic carbocycles. The second-order valence-electron chi connectivity index (χ2n) is 5.73. The lowest BCUT2D eigenvalue weighted by molar-refractivity contribution is -0.117. The number of hydrogen-bond acceptors (Lipinski definition) is 6. The Balaban J connectivity index is 0.000000559. The summed E-state index contributed by atoms with van der Waals surface area (Å²) in [6, 6.07) is 18.9. The summed E-state index contributed by atoms with van der Waals surface area (Å²) < 4.78 is 64.8. The number of nitrogens with two attached hydrogens (primary N) is 6. The van der Waals surface area contributed by atoms with Crippen LogP contribution in [0.2, 0.25) is 0 Å². The molecule has 174 valence electrons. The third kappa shape index (κ3) is 12.8. The molecule has 12 N–H and O–H groups in total. The number of hydrogen-bond donors (Lipinski definition) is 6. The van der Waals surface area contributed by atoms with Crippen LogP contribution in [0.15, 0.2) is 82.6 Å². The van der Waals surface area contributed by atoms with Crippen LogP contribution in [0.3, 0.4) is 0 Å². The molecular weight excluding hydrogens is 460 g/mol. The first-order valence-corrected chi connectivity index (χ1v) is 11.2. The molecule has 14 heteroatoms. The Morgan fingerprint density at radius 1 is 0.594 bits per heavy atom. The molecule has 0 atom stereocenters. The highest BCUT2D eigenvalue weighted by Gasteiger charge is 2.06. The van der Waals surface area contributed by atoms with Crippen LogP contribution in [0.5, 0.6) is 0 Å². The summed E-state index contributed by atoms with van der Waals surface area (Å²) in [4.78, 5) is -0.819. The second kappa shape index (κ2) is 12.9. The van der Waals surface area contributed by atoms with Gasteiger partial charge in [0.05, 0.1) is 9.79 Å². The van der Waals surface area contributed by atoms with E-state index in [1.54, 1.807) is 0 Å². The van der Waals surface area contributed by atoms with E-state index in [0.717, 1.165) is 24.3 Å². The minimum absolute atomic E-state index is 0.0833. The van der Waals surface area contributed by atoms with Gasteiger partial charge in [0.1, 0.15) is 20.2 Å². The van der Waals surface area contributed by atoms with Crippen molar-refractivity contribution in [1.82, 2.24) is 0 Å². The van der Waals surface area contributed by atoms with Crippen LogP contribution in [-0.4, -0.2) is 37.9 Å². The highest BCUT2D eigenvalue weighted by molar-refractivity contribution is 7.86. The van der Waals surface area contributed by atoms with Crippen LogP contribution < -0.4 is 33.8 Å². The molecule has 0 saturated carbocycles. The van der Waals surface area contributed by atoms with E-state index in [2.05, 4.69) is 33.8 Å². The summed E-state index contributed by atoms with van der Waals surface area (Å²) in [5.74, 6) is -0.167. The molecule has 3 aromatic carbocycles. The van der Waals surface area contributed by atoms with Gasteiger partial charge in [-0.1, -0.05) is 48.5 Å². The molecular formula is C18H24N6O6S2. The molecule has 0 heterocycles. The Morgan fingerprint density at radius 3 is 1.00 bits per heavy atom. The van der Waals surface area contributed by atoms with Gasteiger partial charge in [-0.2, -0.15) is 0 Å². The van der Waals surface area contributed by atoms with Gasteiger partial charge in [0.25, 0.3) is 0 Å². The topological polar surface area (TPSA) is 270 Å². The van der Waals surface area contributed by atoms with Gasteiger partial charge in [0.15, 0.2) is 0 Å². The number of benzene rings is 3. The highest BCUT2D eigenvalue weighted by Crippen LogP contribution is 2.22. The van der Waals surface area contributed by atoms with Gasteiger partial charge in [0, 0.05) is 0 Å². The Morgan fingerprint density at radius 2 is 0.812 bits per heavy atom. The fourth-order valence-electron chi connectivity index (χ4n) is 1.90. The lowest BCUT2D eigenvalue weighted by Gasteiger charge is -2.10. The average Bonchev–Trinajstić information content (AvgIpc) is 2.67. The molecule has 3 rings (SSSR count). The summed E-state index contributed by atoms with van der Waals surface area (Å²) in [6.45, 7) is 0. The van der Waals surface area contributed by atoms with Crippen molar-refractivity contribution >= 4 is 42.9 Å². The minimum atomic E-state index is -4.56. The maximum absolute atomic E-state index is 10.8. The van der Waals surface area contributed by atoms with Gasteiger partial charge in [-0.05, 0) is 35.0 Å². The highest BCUT2D eigenvalue weighted by atomic mass is 32.2. The van der Waals surface area contributed by atoms with Gasteiger partial charge in [-0.3, -0.25) is 33.8 Å². The molecule has 0 unspecified atom stereocenters. The van der Waals surface area contributed by atoms with E-state index in [0.29, 0.717) is 10.8 Å². The molecule has 0 aromatic heterocycles. The van der Waals surface area contributed by atoms with Crippen LogP contribution in [0.4, 0.5) is 0 Å². The third-order valence-electron chi connectivity index (χ3n) is 3.03. The Kier molecular flexibility index (Phi) is 11.4. The van der Waals surface area contributed by atoms with Crippen molar-refractivity contribution in [2.24, 2.45) is 22.9 Å². The first-order valence-electron chi connectivity index (χ1n) is 8.37. The van der Waals surface area contributed by atoms with E-state index in [1.807, 2.05) is 36.4 Å². The zero-order valence-corrected chi connectivity index (χ0v) is 18.3. The smallest absolute Gasteiger partial charge is 0.336 e. The molecule has 0 radical (unpaired) electrons. The van der Waals surface area contributed by atoms with E-state index in [4.69, 9.17) is 0 Å². The molecule has 0 saturated heterocycles. The SMILES string of the molecule is NC(N)=[NH2+].NC(N)=[NH2+].O=S(=O)([O-])c1ccc2cc(S(=O)(=O)[O-])ccc2c1.c1ccccc1. The molecule has 0 bridgehead atoms. The molecule has 0 amide bonds. The number of fused-ring (bicyclic) bond motifs is 1. The first kappa shape index (κ1) is 28.3. The molecule has 0 aliphatic heterocycles. The Hall–Kier alpha value is -3.72. The van der Waals surface area contributed by atoms with Crippen molar-refractivity contribution in [2.75, 3.05) is 0 Å². The van der Waals surface area contributed by atoms with Crippen LogP contribution >= 0.6 is 0 Å². The lowest BCUT2D eigenvalue weighted by Crippen LogP contribution is -2.51. The second-order valence-corrected chi connectivity index (χ2v) is 8.49. The predicted molar refractivity (Wildman–Crippen MR) is 117 cm³/mol. The number of guanidine groups is 2. The average molecular weight is 485 g/mol. The van der Waals surface area contributed by atoms with Crippen LogP contribution in [0.1, 0.15) is 0 Å². The van der Waals surface area contributed by atoms with Gasteiger partial charge < -0.3 is 9.11 Å². The largest absolute Gasteiger partial charge is 0.744 e. The van der Waals surface area contributed by atoms with Crippen molar-refractivity contribution < 1.29 is 36.8 Å². The first-order chi connectivity index (χ1) is 14.6. The maximum atomic E-state index is 10.8. The van der Waals surface area contributed by atoms with Crippen LogP contribution in [0.25, 0.3) is 10.8 Å². The Bertz CT molecular complexity index is 1130. The van der Waals surface area contributed by atoms with Gasteiger partial charge in [-0.25, -0.2) is 16.8 Å². The van der Waals surface area contributed by atoms with Crippen LogP contribution in [0, 0.1) is 0 Å². The van der Waals surface area contributed by atoms with E-state index in [1.165, 1.54) is 12.1 Å². The van der Waals surface area contributed by atoms with E-state index in [-0.39, 0.29) is 11.9 Å². The molecule has 3 aromatic rings. The summed E-state index contributed by atoms with van der Waals surface area (Å²) in [7, 11) is -9.13. The van der Waals surface area contributed by atoms with E-state index in [9.17, 15) is 25.9 Å². The van der Waals surface area contributed by atoms with Crippen molar-refractivity contribution in [3.63, 3.8) is 0 Å². The van der Waals surface area contributed by atoms with Gasteiger partial charge >= 0.3 is 11.9 Å². The predicted octanol–water partition coefficient (Wildman–Crippen LogP) is -3.63. The zero-order chi connectivity index (χ0) is 24.9. The molecule has 0 aliphatic rings. The molecule has 12 nitrogen and oxygen atoms in total. The minimum Gasteiger partial charge on any atom is -0.744 e. The summed E-state index contributed by atoms with van der Waals surface area (Å²) in [6.07, 6.45) is 0. The standard InChI is InChI=1S/C10H8O6S2.C6H6.2CH5N3/c11-17(12,13)9-3-1-7-5-10(18(14,15)16)4-2-8(7)6-9;1-2-4-6-5-3-1;2*2-1(3)4/h1-6H,(H,11,12,13)(H,14,15,16);1-6H;2*(H5,2,3,4). The Labute approximate surface area is 185 Å². The van der Waals surface area contributed by atoms with E-state index >= 15 is 0 Å². The molecule has 0 spiro atoms. The van der Waals surface area contributed by atoms with Crippen molar-refractivity contribution in [3.05, 3.63) is 72.8 Å². The van der Waals surface area contributed by atoms with Gasteiger partial charge in [0.2, 0.25) is 0 Å². The molecule has 32 heavy (non-hydrogen) atoms. The molecule has 0 fully saturated rings. The zero-order valence-electron chi connectivity index (χ0n) is 16.7. The van der Waals surface area contributed by atoms with Crippen LogP contribution in [-0.2, 0) is 20.2 Å². The van der Waals surface area contributed by atoms with Gasteiger partial charge in [-0.15, -0.1) is 0 Å². The number of rotatable bonds is 2. The van der Waals surface area contributed by atoms with Crippen molar-refractivity contribution in [2.45, 2.75) is 9.79 Å². The third-order valence-corrected chi connectivity index (χ3v) is 4.69. The summed E-state index contributed by atoms with van der Waals surface area (Å²) >= 11 is 0.